The molecule has 2 aromatic carbocycles. The normalized spacial score (nSPS) is 11.2. The van der Waals surface area contributed by atoms with Crippen molar-refractivity contribution in [2.24, 2.45) is 5.73 Å². The molecule has 3 aromatic rings. The summed E-state index contributed by atoms with van der Waals surface area (Å²) in [5, 5.41) is 14.7. The lowest BCUT2D eigenvalue weighted by molar-refractivity contribution is -0.274. The maximum Gasteiger partial charge on any atom is 0.573 e. The smallest absolute Gasteiger partial charge is 0.508 e. The van der Waals surface area contributed by atoms with Crippen molar-refractivity contribution < 1.29 is 32.6 Å². The Morgan fingerprint density at radius 3 is 2.50 bits per heavy atom. The van der Waals surface area contributed by atoms with Gasteiger partial charge in [-0.3, -0.25) is 10.1 Å². The monoisotopic (exact) mass is 411 g/mol. The number of benzene rings is 2. The Bertz CT molecular complexity index is 1070. The topological polar surface area (TPSA) is 114 Å². The average Bonchev–Trinajstić information content (AvgIpc) is 2.92. The van der Waals surface area contributed by atoms with E-state index in [1.165, 1.54) is 36.4 Å². The van der Waals surface area contributed by atoms with Gasteiger partial charge in [0.05, 0.1) is 11.3 Å². The van der Waals surface area contributed by atoms with Gasteiger partial charge in [-0.1, -0.05) is 12.1 Å². The molecule has 0 aliphatic carbocycles. The zero-order valence-corrected chi connectivity index (χ0v) is 14.6. The number of halogens is 3. The van der Waals surface area contributed by atoms with Crippen molar-refractivity contribution in [3.63, 3.8) is 0 Å². The molecule has 0 fully saturated rings. The lowest BCUT2D eigenvalue weighted by Gasteiger charge is -2.14. The minimum absolute atomic E-state index is 0.0231. The number of aromatic hydroxyl groups is 1. The van der Waals surface area contributed by atoms with Gasteiger partial charge in [-0.2, -0.15) is 0 Å². The van der Waals surface area contributed by atoms with Crippen LogP contribution in [0.4, 0.5) is 28.7 Å². The van der Waals surface area contributed by atoms with E-state index in [0.29, 0.717) is 10.1 Å². The highest BCUT2D eigenvalue weighted by atomic mass is 32.1. The third-order valence-electron chi connectivity index (χ3n) is 3.51. The molecule has 0 atom stereocenters. The van der Waals surface area contributed by atoms with Gasteiger partial charge in [-0.05, 0) is 30.3 Å². The van der Waals surface area contributed by atoms with Crippen LogP contribution in [0.25, 0.3) is 10.1 Å². The molecule has 0 saturated carbocycles. The fraction of sp³-hybridized carbons (Fsp3) is 0.0588. The predicted octanol–water partition coefficient (Wildman–Crippen LogP) is 4.25. The molecule has 0 unspecified atom stereocenters. The number of amides is 3. The van der Waals surface area contributed by atoms with Crippen molar-refractivity contribution in [3.05, 3.63) is 48.0 Å². The van der Waals surface area contributed by atoms with Gasteiger partial charge < -0.3 is 20.9 Å². The Kier molecular flexibility index (Phi) is 5.01. The maximum absolute atomic E-state index is 12.5. The molecule has 11 heteroatoms. The Morgan fingerprint density at radius 1 is 1.11 bits per heavy atom. The summed E-state index contributed by atoms with van der Waals surface area (Å²) in [7, 11) is 0. The van der Waals surface area contributed by atoms with E-state index in [9.17, 15) is 27.9 Å². The van der Waals surface area contributed by atoms with Gasteiger partial charge in [0.1, 0.15) is 10.8 Å². The van der Waals surface area contributed by atoms with Gasteiger partial charge in [0.15, 0.2) is 5.75 Å². The van der Waals surface area contributed by atoms with Crippen LogP contribution >= 0.6 is 11.3 Å². The van der Waals surface area contributed by atoms with Crippen LogP contribution in [0.2, 0.25) is 0 Å². The lowest BCUT2D eigenvalue weighted by atomic mass is 10.1. The minimum atomic E-state index is -4.93. The summed E-state index contributed by atoms with van der Waals surface area (Å²) >= 11 is 0.975. The summed E-state index contributed by atoms with van der Waals surface area (Å²) in [4.78, 5) is 24.0. The van der Waals surface area contributed by atoms with Crippen molar-refractivity contribution in [1.29, 1.82) is 0 Å². The van der Waals surface area contributed by atoms with Crippen LogP contribution in [-0.2, 0) is 0 Å². The number of hydrogen-bond acceptors (Lipinski definition) is 5. The summed E-state index contributed by atoms with van der Waals surface area (Å²) < 4.78 is 41.8. The third kappa shape index (κ3) is 4.26. The molecule has 0 spiro atoms. The molecular formula is C17H12F3N3O4S. The first kappa shape index (κ1) is 19.3. The number of fused-ring (bicyclic) bond motifs is 1. The van der Waals surface area contributed by atoms with Crippen molar-refractivity contribution in [1.82, 2.24) is 0 Å². The van der Waals surface area contributed by atoms with Crippen molar-refractivity contribution >= 4 is 44.0 Å². The highest BCUT2D eigenvalue weighted by molar-refractivity contribution is 7.23. The number of phenols is 1. The summed E-state index contributed by atoms with van der Waals surface area (Å²) in [6, 6.07) is 8.30. The second-order valence-electron chi connectivity index (χ2n) is 5.47. The number of rotatable bonds is 4. The molecule has 0 aliphatic heterocycles. The van der Waals surface area contributed by atoms with Gasteiger partial charge in [0.25, 0.3) is 5.91 Å². The predicted molar refractivity (Wildman–Crippen MR) is 97.8 cm³/mol. The average molecular weight is 411 g/mol. The Labute approximate surface area is 159 Å². The standard InChI is InChI=1S/C17H12F3N3O4S/c18-17(19,20)27-11-4-2-1-3-10(11)22-16(26)23-15-13(14(21)25)9-6-5-8(24)7-12(9)28-15/h1-7,24H,(H2,21,25)(H2,22,23,26). The number of urea groups is 1. The fourth-order valence-electron chi connectivity index (χ4n) is 2.46. The highest BCUT2D eigenvalue weighted by Crippen LogP contribution is 2.37. The van der Waals surface area contributed by atoms with E-state index in [-0.39, 0.29) is 22.0 Å². The van der Waals surface area contributed by atoms with Gasteiger partial charge in [0.2, 0.25) is 0 Å². The van der Waals surface area contributed by atoms with Crippen LogP contribution in [0.5, 0.6) is 11.5 Å². The van der Waals surface area contributed by atoms with Crippen molar-refractivity contribution in [2.45, 2.75) is 6.36 Å². The molecule has 0 bridgehead atoms. The van der Waals surface area contributed by atoms with Crippen molar-refractivity contribution in [2.75, 3.05) is 10.6 Å². The second kappa shape index (κ2) is 7.27. The number of primary amides is 1. The first-order valence-corrected chi connectivity index (χ1v) is 8.44. The van der Waals surface area contributed by atoms with Gasteiger partial charge in [-0.25, -0.2) is 4.79 Å². The molecule has 5 N–H and O–H groups in total. The zero-order chi connectivity index (χ0) is 20.5. The van der Waals surface area contributed by atoms with Crippen LogP contribution in [0, 0.1) is 0 Å². The highest BCUT2D eigenvalue weighted by Gasteiger charge is 2.32. The minimum Gasteiger partial charge on any atom is -0.508 e. The maximum atomic E-state index is 12.5. The number of para-hydroxylation sites is 2. The molecule has 1 aromatic heterocycles. The largest absolute Gasteiger partial charge is 0.573 e. The van der Waals surface area contributed by atoms with E-state index >= 15 is 0 Å². The number of thiophene rings is 1. The third-order valence-corrected chi connectivity index (χ3v) is 4.58. The SMILES string of the molecule is NC(=O)c1c(NC(=O)Nc2ccccc2OC(F)(F)F)sc2cc(O)ccc12. The summed E-state index contributed by atoms with van der Waals surface area (Å²) in [6.07, 6.45) is -4.93. The molecule has 0 aliphatic rings. The Balaban J connectivity index is 1.87. The molecular weight excluding hydrogens is 399 g/mol. The zero-order valence-electron chi connectivity index (χ0n) is 13.8. The van der Waals surface area contributed by atoms with Crippen LogP contribution in [-0.4, -0.2) is 23.4 Å². The summed E-state index contributed by atoms with van der Waals surface area (Å²) in [5.41, 5.74) is 5.17. The summed E-state index contributed by atoms with van der Waals surface area (Å²) in [5.74, 6) is -1.45. The van der Waals surface area contributed by atoms with Gasteiger partial charge in [0, 0.05) is 10.1 Å². The number of phenolic OH excluding ortho intramolecular Hbond substituents is 1. The van der Waals surface area contributed by atoms with Gasteiger partial charge >= 0.3 is 12.4 Å². The number of ether oxygens (including phenoxy) is 1. The number of anilines is 2. The number of nitrogens with one attached hydrogen (secondary N) is 2. The number of nitrogens with two attached hydrogens (primary N) is 1. The van der Waals surface area contributed by atoms with Crippen LogP contribution in [0.1, 0.15) is 10.4 Å². The van der Waals surface area contributed by atoms with Crippen LogP contribution in [0.3, 0.4) is 0 Å². The van der Waals surface area contributed by atoms with E-state index in [1.807, 2.05) is 0 Å². The first-order chi connectivity index (χ1) is 13.1. The van der Waals surface area contributed by atoms with Crippen LogP contribution < -0.4 is 21.1 Å². The molecule has 0 saturated heterocycles. The number of hydrogen-bond donors (Lipinski definition) is 4. The fourth-order valence-corrected chi connectivity index (χ4v) is 3.59. The van der Waals surface area contributed by atoms with E-state index in [4.69, 9.17) is 5.73 Å². The first-order valence-electron chi connectivity index (χ1n) is 7.62. The molecule has 1 heterocycles. The molecule has 146 valence electrons. The Morgan fingerprint density at radius 2 is 1.82 bits per heavy atom. The van der Waals surface area contributed by atoms with E-state index < -0.39 is 24.1 Å². The van der Waals surface area contributed by atoms with E-state index in [0.717, 1.165) is 17.4 Å². The number of alkyl halides is 3. The Hall–Kier alpha value is -3.47. The summed E-state index contributed by atoms with van der Waals surface area (Å²) in [6.45, 7) is 0. The van der Waals surface area contributed by atoms with Crippen LogP contribution in [0.15, 0.2) is 42.5 Å². The van der Waals surface area contributed by atoms with Crippen molar-refractivity contribution in [3.8, 4) is 11.5 Å². The second-order valence-corrected chi connectivity index (χ2v) is 6.53. The quantitative estimate of drug-likeness (QED) is 0.514. The molecule has 0 radical (unpaired) electrons. The lowest BCUT2D eigenvalue weighted by Crippen LogP contribution is -2.23. The molecule has 28 heavy (non-hydrogen) atoms. The van der Waals surface area contributed by atoms with Gasteiger partial charge in [-0.15, -0.1) is 24.5 Å². The van der Waals surface area contributed by atoms with E-state index in [2.05, 4.69) is 15.4 Å². The molecule has 7 nitrogen and oxygen atoms in total. The molecule has 3 amide bonds. The van der Waals surface area contributed by atoms with E-state index in [1.54, 1.807) is 0 Å². The number of carbonyl (C=O) groups is 2. The molecule has 3 rings (SSSR count). The number of carbonyl (C=O) groups excluding carboxylic acids is 2.